The van der Waals surface area contributed by atoms with Crippen LogP contribution in [0.2, 0.25) is 0 Å². The van der Waals surface area contributed by atoms with Gasteiger partial charge in [-0.2, -0.15) is 0 Å². The first-order valence-corrected chi connectivity index (χ1v) is 5.06. The van der Waals surface area contributed by atoms with Crippen LogP contribution >= 0.6 is 0 Å². The van der Waals surface area contributed by atoms with E-state index in [-0.39, 0.29) is 12.5 Å². The average Bonchev–Trinajstić information content (AvgIpc) is 2.54. The van der Waals surface area contributed by atoms with Crippen LogP contribution in [-0.4, -0.2) is 35.6 Å². The number of rotatable bonds is 4. The van der Waals surface area contributed by atoms with Gasteiger partial charge in [0.2, 0.25) is 0 Å². The van der Waals surface area contributed by atoms with Crippen LogP contribution in [0.5, 0.6) is 0 Å². The lowest BCUT2D eigenvalue weighted by Gasteiger charge is -2.19. The van der Waals surface area contributed by atoms with Gasteiger partial charge in [0.1, 0.15) is 5.76 Å². The summed E-state index contributed by atoms with van der Waals surface area (Å²) in [5, 5.41) is 8.84. The van der Waals surface area contributed by atoms with Crippen LogP contribution < -0.4 is 0 Å². The Morgan fingerprint density at radius 1 is 1.53 bits per heavy atom. The number of carbonyl (C=O) groups excluding carboxylic acids is 1. The molecule has 1 aromatic heterocycles. The number of furan rings is 1. The SMILES string of the molecule is CCN(CCO)C(=O)c1c(C)coc1C. The number of nitrogens with zero attached hydrogens (tertiary/aromatic N) is 1. The van der Waals surface area contributed by atoms with Crippen molar-refractivity contribution in [1.82, 2.24) is 4.90 Å². The number of likely N-dealkylation sites (N-methyl/N-ethyl adjacent to an activating group) is 1. The van der Waals surface area contributed by atoms with Crippen molar-refractivity contribution < 1.29 is 14.3 Å². The topological polar surface area (TPSA) is 53.7 Å². The molecule has 1 amide bonds. The minimum atomic E-state index is -0.0738. The van der Waals surface area contributed by atoms with Crippen molar-refractivity contribution >= 4 is 5.91 Å². The smallest absolute Gasteiger partial charge is 0.257 e. The van der Waals surface area contributed by atoms with Crippen LogP contribution in [0.4, 0.5) is 0 Å². The lowest BCUT2D eigenvalue weighted by atomic mass is 10.1. The summed E-state index contributed by atoms with van der Waals surface area (Å²) in [5.41, 5.74) is 1.46. The summed E-state index contributed by atoms with van der Waals surface area (Å²) < 4.78 is 5.18. The molecule has 0 bridgehead atoms. The van der Waals surface area contributed by atoms with Gasteiger partial charge in [0, 0.05) is 18.7 Å². The van der Waals surface area contributed by atoms with Crippen LogP contribution in [0.15, 0.2) is 10.7 Å². The molecule has 0 fully saturated rings. The molecular formula is C11H17NO3. The van der Waals surface area contributed by atoms with Crippen LogP contribution in [0.1, 0.15) is 28.6 Å². The Balaban J connectivity index is 2.92. The highest BCUT2D eigenvalue weighted by atomic mass is 16.3. The zero-order valence-electron chi connectivity index (χ0n) is 9.41. The standard InChI is InChI=1S/C11H17NO3/c1-4-12(5-6-13)11(14)10-8(2)7-15-9(10)3/h7,13H,4-6H2,1-3H3. The number of carbonyl (C=O) groups is 1. The maximum absolute atomic E-state index is 12.0. The molecule has 1 rings (SSSR count). The van der Waals surface area contributed by atoms with Gasteiger partial charge in [-0.1, -0.05) is 0 Å². The van der Waals surface area contributed by atoms with E-state index in [9.17, 15) is 4.79 Å². The third-order valence-electron chi connectivity index (χ3n) is 2.41. The summed E-state index contributed by atoms with van der Waals surface area (Å²) >= 11 is 0. The molecule has 1 aromatic rings. The van der Waals surface area contributed by atoms with Gasteiger partial charge in [-0.15, -0.1) is 0 Å². The van der Waals surface area contributed by atoms with Crippen molar-refractivity contribution in [3.8, 4) is 0 Å². The minimum Gasteiger partial charge on any atom is -0.469 e. The van der Waals surface area contributed by atoms with Crippen LogP contribution in [0.3, 0.4) is 0 Å². The van der Waals surface area contributed by atoms with Gasteiger partial charge in [0.15, 0.2) is 0 Å². The summed E-state index contributed by atoms with van der Waals surface area (Å²) in [6, 6.07) is 0. The number of hydrogen-bond donors (Lipinski definition) is 1. The Morgan fingerprint density at radius 3 is 2.60 bits per heavy atom. The lowest BCUT2D eigenvalue weighted by Crippen LogP contribution is -2.33. The fourth-order valence-corrected chi connectivity index (χ4v) is 1.57. The van der Waals surface area contributed by atoms with Crippen molar-refractivity contribution in [2.75, 3.05) is 19.7 Å². The number of hydrogen-bond acceptors (Lipinski definition) is 3. The second kappa shape index (κ2) is 4.98. The summed E-state index contributed by atoms with van der Waals surface area (Å²) in [4.78, 5) is 13.6. The van der Waals surface area contributed by atoms with Crippen molar-refractivity contribution in [3.05, 3.63) is 23.2 Å². The molecule has 0 atom stereocenters. The third-order valence-corrected chi connectivity index (χ3v) is 2.41. The third kappa shape index (κ3) is 2.39. The second-order valence-corrected chi connectivity index (χ2v) is 3.46. The van der Waals surface area contributed by atoms with E-state index in [4.69, 9.17) is 9.52 Å². The first-order valence-electron chi connectivity index (χ1n) is 5.06. The molecule has 1 heterocycles. The number of aryl methyl sites for hydroxylation is 2. The van der Waals surface area contributed by atoms with Gasteiger partial charge in [-0.25, -0.2) is 0 Å². The summed E-state index contributed by atoms with van der Waals surface area (Å²) in [6.45, 7) is 6.43. The Bertz CT molecular complexity index is 324. The highest BCUT2D eigenvalue weighted by Crippen LogP contribution is 2.17. The fourth-order valence-electron chi connectivity index (χ4n) is 1.57. The van der Waals surface area contributed by atoms with Gasteiger partial charge < -0.3 is 14.4 Å². The average molecular weight is 211 g/mol. The van der Waals surface area contributed by atoms with Gasteiger partial charge in [-0.3, -0.25) is 4.79 Å². The summed E-state index contributed by atoms with van der Waals surface area (Å²) in [6.07, 6.45) is 1.58. The molecule has 0 radical (unpaired) electrons. The predicted molar refractivity (Wildman–Crippen MR) is 56.8 cm³/mol. The molecule has 4 nitrogen and oxygen atoms in total. The van der Waals surface area contributed by atoms with Gasteiger partial charge in [0.05, 0.1) is 18.4 Å². The normalized spacial score (nSPS) is 10.4. The van der Waals surface area contributed by atoms with E-state index in [1.54, 1.807) is 18.1 Å². The van der Waals surface area contributed by atoms with E-state index in [1.807, 2.05) is 13.8 Å². The Labute approximate surface area is 89.5 Å². The number of aliphatic hydroxyl groups is 1. The van der Waals surface area contributed by atoms with Crippen LogP contribution in [-0.2, 0) is 0 Å². The van der Waals surface area contributed by atoms with E-state index < -0.39 is 0 Å². The van der Waals surface area contributed by atoms with Gasteiger partial charge in [-0.05, 0) is 20.8 Å². The monoisotopic (exact) mass is 211 g/mol. The second-order valence-electron chi connectivity index (χ2n) is 3.46. The Kier molecular flexibility index (Phi) is 3.91. The van der Waals surface area contributed by atoms with Crippen molar-refractivity contribution in [2.45, 2.75) is 20.8 Å². The van der Waals surface area contributed by atoms with E-state index in [0.717, 1.165) is 5.56 Å². The van der Waals surface area contributed by atoms with Gasteiger partial charge in [0.25, 0.3) is 5.91 Å². The van der Waals surface area contributed by atoms with E-state index in [1.165, 1.54) is 0 Å². The zero-order chi connectivity index (χ0) is 11.4. The lowest BCUT2D eigenvalue weighted by molar-refractivity contribution is 0.0729. The number of aliphatic hydroxyl groups excluding tert-OH is 1. The molecule has 84 valence electrons. The molecule has 15 heavy (non-hydrogen) atoms. The highest BCUT2D eigenvalue weighted by Gasteiger charge is 2.20. The molecule has 1 N–H and O–H groups in total. The fraction of sp³-hybridized carbons (Fsp3) is 0.545. The van der Waals surface area contributed by atoms with Crippen molar-refractivity contribution in [3.63, 3.8) is 0 Å². The molecule has 0 aliphatic rings. The molecule has 0 aromatic carbocycles. The zero-order valence-corrected chi connectivity index (χ0v) is 9.41. The Morgan fingerprint density at radius 2 is 2.20 bits per heavy atom. The van der Waals surface area contributed by atoms with E-state index in [2.05, 4.69) is 0 Å². The largest absolute Gasteiger partial charge is 0.469 e. The minimum absolute atomic E-state index is 0.0183. The van der Waals surface area contributed by atoms with E-state index in [0.29, 0.717) is 24.4 Å². The highest BCUT2D eigenvalue weighted by molar-refractivity contribution is 5.96. The summed E-state index contributed by atoms with van der Waals surface area (Å²) in [7, 11) is 0. The van der Waals surface area contributed by atoms with Crippen molar-refractivity contribution in [2.24, 2.45) is 0 Å². The molecule has 0 spiro atoms. The maximum atomic E-state index is 12.0. The maximum Gasteiger partial charge on any atom is 0.257 e. The van der Waals surface area contributed by atoms with Crippen LogP contribution in [0, 0.1) is 13.8 Å². The molecule has 4 heteroatoms. The Hall–Kier alpha value is -1.29. The first kappa shape index (κ1) is 11.8. The first-order chi connectivity index (χ1) is 7.11. The number of amides is 1. The molecule has 0 aliphatic carbocycles. The molecule has 0 saturated heterocycles. The quantitative estimate of drug-likeness (QED) is 0.818. The summed E-state index contributed by atoms with van der Waals surface area (Å²) in [5.74, 6) is 0.559. The van der Waals surface area contributed by atoms with Crippen molar-refractivity contribution in [1.29, 1.82) is 0 Å². The van der Waals surface area contributed by atoms with Crippen LogP contribution in [0.25, 0.3) is 0 Å². The molecule has 0 unspecified atom stereocenters. The molecular weight excluding hydrogens is 194 g/mol. The van der Waals surface area contributed by atoms with Gasteiger partial charge >= 0.3 is 0 Å². The predicted octanol–water partition coefficient (Wildman–Crippen LogP) is 1.35. The van der Waals surface area contributed by atoms with E-state index >= 15 is 0 Å². The molecule has 0 saturated carbocycles. The molecule has 0 aliphatic heterocycles.